The average Bonchev–Trinajstić information content (AvgIpc) is 2.30. The summed E-state index contributed by atoms with van der Waals surface area (Å²) in [7, 11) is 0. The van der Waals surface area contributed by atoms with Crippen LogP contribution in [0.4, 0.5) is 0 Å². The molecule has 1 rings (SSSR count). The zero-order chi connectivity index (χ0) is 9.84. The van der Waals surface area contributed by atoms with E-state index in [1.807, 2.05) is 4.90 Å². The highest BCUT2D eigenvalue weighted by atomic mass is 35.5. The van der Waals surface area contributed by atoms with Gasteiger partial charge >= 0.3 is 0 Å². The maximum atomic E-state index is 11.3. The molecule has 13 heavy (non-hydrogen) atoms. The second kappa shape index (κ2) is 4.85. The summed E-state index contributed by atoms with van der Waals surface area (Å²) in [6.45, 7) is 6.30. The maximum Gasteiger partial charge on any atom is 0.237 e. The van der Waals surface area contributed by atoms with E-state index in [2.05, 4.69) is 13.8 Å². The highest BCUT2D eigenvalue weighted by Gasteiger charge is 2.21. The van der Waals surface area contributed by atoms with E-state index in [4.69, 9.17) is 11.6 Å². The second-order valence-corrected chi connectivity index (χ2v) is 4.31. The van der Waals surface area contributed by atoms with Crippen LogP contribution >= 0.6 is 11.6 Å². The van der Waals surface area contributed by atoms with E-state index in [1.165, 1.54) is 0 Å². The number of likely N-dealkylation sites (tertiary alicyclic amines) is 1. The lowest BCUT2D eigenvalue weighted by Crippen LogP contribution is -2.32. The quantitative estimate of drug-likeness (QED) is 0.598. The first kappa shape index (κ1) is 10.8. The van der Waals surface area contributed by atoms with Gasteiger partial charge in [0.05, 0.1) is 0 Å². The van der Waals surface area contributed by atoms with E-state index < -0.39 is 0 Å². The van der Waals surface area contributed by atoms with Crippen molar-refractivity contribution in [3.63, 3.8) is 0 Å². The molecule has 1 aliphatic rings. The maximum absolute atomic E-state index is 11.3. The molecule has 1 heterocycles. The third-order valence-electron chi connectivity index (χ3n) is 3.15. The van der Waals surface area contributed by atoms with Gasteiger partial charge in [-0.2, -0.15) is 0 Å². The Morgan fingerprint density at radius 3 is 2.15 bits per heavy atom. The third kappa shape index (κ3) is 2.87. The van der Waals surface area contributed by atoms with Gasteiger partial charge in [-0.1, -0.05) is 13.8 Å². The molecule has 1 fully saturated rings. The van der Waals surface area contributed by atoms with Crippen LogP contribution in [0.2, 0.25) is 0 Å². The Labute approximate surface area is 85.2 Å². The Kier molecular flexibility index (Phi) is 4.04. The van der Waals surface area contributed by atoms with Gasteiger partial charge in [0.25, 0.3) is 0 Å². The molecule has 0 aromatic carbocycles. The fourth-order valence-electron chi connectivity index (χ4n) is 1.73. The van der Waals surface area contributed by atoms with E-state index in [1.54, 1.807) is 0 Å². The van der Waals surface area contributed by atoms with Gasteiger partial charge in [-0.05, 0) is 24.7 Å². The summed E-state index contributed by atoms with van der Waals surface area (Å²) in [5.41, 5.74) is 0. The molecule has 1 amide bonds. The summed E-state index contributed by atoms with van der Waals surface area (Å²) in [4.78, 5) is 13.2. The third-order valence-corrected chi connectivity index (χ3v) is 3.38. The number of alkyl halides is 1. The van der Waals surface area contributed by atoms with Gasteiger partial charge in [0.15, 0.2) is 0 Å². The smallest absolute Gasteiger partial charge is 0.237 e. The number of rotatable bonds is 1. The summed E-state index contributed by atoms with van der Waals surface area (Å²) in [5, 5.41) is 0. The van der Waals surface area contributed by atoms with Gasteiger partial charge in [-0.15, -0.1) is 11.6 Å². The monoisotopic (exact) mass is 203 g/mol. The van der Waals surface area contributed by atoms with Crippen LogP contribution < -0.4 is 0 Å². The summed E-state index contributed by atoms with van der Waals surface area (Å²) >= 11 is 5.52. The zero-order valence-electron chi connectivity index (χ0n) is 8.42. The number of hydrogen-bond donors (Lipinski definition) is 0. The van der Waals surface area contributed by atoms with Gasteiger partial charge in [-0.25, -0.2) is 0 Å². The van der Waals surface area contributed by atoms with E-state index in [9.17, 15) is 4.79 Å². The standard InChI is InChI=1S/C10H18ClNO/c1-8-3-5-12(10(13)7-11)6-4-9(8)2/h8-9H,3-7H2,1-2H3. The van der Waals surface area contributed by atoms with Crippen LogP contribution in [0.3, 0.4) is 0 Å². The Bertz CT molecular complexity index is 172. The van der Waals surface area contributed by atoms with Crippen LogP contribution in [0.5, 0.6) is 0 Å². The van der Waals surface area contributed by atoms with Gasteiger partial charge < -0.3 is 4.90 Å². The first-order chi connectivity index (χ1) is 6.15. The van der Waals surface area contributed by atoms with Crippen LogP contribution in [0, 0.1) is 11.8 Å². The van der Waals surface area contributed by atoms with Crippen molar-refractivity contribution in [1.29, 1.82) is 0 Å². The van der Waals surface area contributed by atoms with Crippen LogP contribution in [-0.2, 0) is 4.79 Å². The highest BCUT2D eigenvalue weighted by Crippen LogP contribution is 2.22. The number of nitrogens with zero attached hydrogens (tertiary/aromatic N) is 1. The van der Waals surface area contributed by atoms with Crippen molar-refractivity contribution >= 4 is 17.5 Å². The van der Waals surface area contributed by atoms with Crippen molar-refractivity contribution in [2.45, 2.75) is 26.7 Å². The van der Waals surface area contributed by atoms with E-state index in [0.717, 1.165) is 37.8 Å². The van der Waals surface area contributed by atoms with E-state index >= 15 is 0 Å². The molecular formula is C10H18ClNO. The predicted molar refractivity (Wildman–Crippen MR) is 54.9 cm³/mol. The second-order valence-electron chi connectivity index (χ2n) is 4.05. The van der Waals surface area contributed by atoms with Crippen molar-refractivity contribution in [2.75, 3.05) is 19.0 Å². The molecule has 2 atom stereocenters. The molecule has 0 bridgehead atoms. The molecule has 0 aliphatic carbocycles. The number of carbonyl (C=O) groups excluding carboxylic acids is 1. The Hall–Kier alpha value is -0.240. The lowest BCUT2D eigenvalue weighted by atomic mass is 9.92. The number of halogens is 1. The predicted octanol–water partition coefficient (Wildman–Crippen LogP) is 2.12. The Morgan fingerprint density at radius 1 is 1.31 bits per heavy atom. The summed E-state index contributed by atoms with van der Waals surface area (Å²) in [6, 6.07) is 0. The molecule has 76 valence electrons. The van der Waals surface area contributed by atoms with Crippen LogP contribution in [0.15, 0.2) is 0 Å². The minimum Gasteiger partial charge on any atom is -0.342 e. The summed E-state index contributed by atoms with van der Waals surface area (Å²) in [6.07, 6.45) is 2.23. The molecule has 0 radical (unpaired) electrons. The normalized spacial score (nSPS) is 29.9. The first-order valence-electron chi connectivity index (χ1n) is 4.99. The van der Waals surface area contributed by atoms with Crippen LogP contribution in [0.1, 0.15) is 26.7 Å². The van der Waals surface area contributed by atoms with Gasteiger partial charge in [0.1, 0.15) is 5.88 Å². The van der Waals surface area contributed by atoms with E-state index in [-0.39, 0.29) is 11.8 Å². The fourth-order valence-corrected chi connectivity index (χ4v) is 1.90. The molecule has 0 saturated carbocycles. The van der Waals surface area contributed by atoms with Crippen molar-refractivity contribution in [1.82, 2.24) is 4.90 Å². The molecule has 2 nitrogen and oxygen atoms in total. The molecule has 2 unspecified atom stereocenters. The topological polar surface area (TPSA) is 20.3 Å². The van der Waals surface area contributed by atoms with Crippen molar-refractivity contribution in [3.05, 3.63) is 0 Å². The Morgan fingerprint density at radius 2 is 1.77 bits per heavy atom. The molecule has 0 aromatic heterocycles. The molecule has 0 N–H and O–H groups in total. The minimum absolute atomic E-state index is 0.0861. The van der Waals surface area contributed by atoms with Crippen molar-refractivity contribution in [2.24, 2.45) is 11.8 Å². The first-order valence-corrected chi connectivity index (χ1v) is 5.52. The minimum atomic E-state index is 0.0861. The van der Waals surface area contributed by atoms with Gasteiger partial charge in [-0.3, -0.25) is 4.79 Å². The highest BCUT2D eigenvalue weighted by molar-refractivity contribution is 6.27. The number of amides is 1. The molecular weight excluding hydrogens is 186 g/mol. The van der Waals surface area contributed by atoms with Gasteiger partial charge in [0.2, 0.25) is 5.91 Å². The van der Waals surface area contributed by atoms with Crippen LogP contribution in [0.25, 0.3) is 0 Å². The lowest BCUT2D eigenvalue weighted by Gasteiger charge is -2.18. The molecule has 1 aliphatic heterocycles. The van der Waals surface area contributed by atoms with Gasteiger partial charge in [0, 0.05) is 13.1 Å². The Balaban J connectivity index is 2.49. The molecule has 0 spiro atoms. The van der Waals surface area contributed by atoms with Crippen molar-refractivity contribution < 1.29 is 4.79 Å². The molecule has 0 aromatic rings. The number of carbonyl (C=O) groups is 1. The van der Waals surface area contributed by atoms with Crippen molar-refractivity contribution in [3.8, 4) is 0 Å². The summed E-state index contributed by atoms with van der Waals surface area (Å²) in [5.74, 6) is 1.67. The summed E-state index contributed by atoms with van der Waals surface area (Å²) < 4.78 is 0. The molecule has 1 saturated heterocycles. The number of hydrogen-bond acceptors (Lipinski definition) is 1. The zero-order valence-corrected chi connectivity index (χ0v) is 9.18. The van der Waals surface area contributed by atoms with Crippen LogP contribution in [-0.4, -0.2) is 29.8 Å². The molecule has 3 heteroatoms. The fraction of sp³-hybridized carbons (Fsp3) is 0.900. The van der Waals surface area contributed by atoms with E-state index in [0.29, 0.717) is 0 Å². The average molecular weight is 204 g/mol. The largest absolute Gasteiger partial charge is 0.342 e. The lowest BCUT2D eigenvalue weighted by molar-refractivity contribution is -0.128. The SMILES string of the molecule is CC1CCN(C(=O)CCl)CCC1C.